The summed E-state index contributed by atoms with van der Waals surface area (Å²) in [5.74, 6) is 0.163. The van der Waals surface area contributed by atoms with Crippen LogP contribution in [-0.4, -0.2) is 37.5 Å². The van der Waals surface area contributed by atoms with Crippen LogP contribution in [0.25, 0.3) is 0 Å². The van der Waals surface area contributed by atoms with E-state index < -0.39 is 0 Å². The Kier molecular flexibility index (Phi) is 4.14. The Bertz CT molecular complexity index is 224. The van der Waals surface area contributed by atoms with Crippen molar-refractivity contribution in [2.45, 2.75) is 45.6 Å². The smallest absolute Gasteiger partial charge is 0.236 e. The molecule has 1 aliphatic rings. The van der Waals surface area contributed by atoms with Gasteiger partial charge in [-0.25, -0.2) is 0 Å². The molecule has 1 fully saturated rings. The predicted octanol–water partition coefficient (Wildman–Crippen LogP) is 1.63. The highest BCUT2D eigenvalue weighted by Crippen LogP contribution is 2.35. The van der Waals surface area contributed by atoms with Gasteiger partial charge in [0.15, 0.2) is 0 Å². The Balaban J connectivity index is 2.40. The molecule has 0 aromatic heterocycles. The average Bonchev–Trinajstić information content (AvgIpc) is 2.14. The summed E-state index contributed by atoms with van der Waals surface area (Å²) in [6, 6.07) is 0.496. The van der Waals surface area contributed by atoms with E-state index in [-0.39, 0.29) is 5.91 Å². The van der Waals surface area contributed by atoms with Crippen LogP contribution in [0.3, 0.4) is 0 Å². The summed E-state index contributed by atoms with van der Waals surface area (Å²) < 4.78 is 0. The van der Waals surface area contributed by atoms with Gasteiger partial charge in [0.1, 0.15) is 0 Å². The van der Waals surface area contributed by atoms with Crippen molar-refractivity contribution in [3.05, 3.63) is 0 Å². The number of likely N-dealkylation sites (N-methyl/N-ethyl adjacent to an activating group) is 1. The molecule has 1 atom stereocenters. The van der Waals surface area contributed by atoms with Crippen LogP contribution < -0.4 is 5.32 Å². The molecule has 15 heavy (non-hydrogen) atoms. The second kappa shape index (κ2) is 4.97. The molecule has 1 rings (SSSR count). The first-order valence-electron chi connectivity index (χ1n) is 5.87. The third-order valence-electron chi connectivity index (χ3n) is 3.51. The van der Waals surface area contributed by atoms with Gasteiger partial charge in [0, 0.05) is 20.1 Å². The molecule has 0 saturated heterocycles. The van der Waals surface area contributed by atoms with Crippen molar-refractivity contribution >= 4 is 5.91 Å². The lowest BCUT2D eigenvalue weighted by molar-refractivity contribution is -0.128. The first-order chi connectivity index (χ1) is 6.93. The lowest BCUT2D eigenvalue weighted by Crippen LogP contribution is -2.47. The normalized spacial score (nSPS) is 24.9. The Hall–Kier alpha value is -0.570. The molecule has 1 unspecified atom stereocenters. The summed E-state index contributed by atoms with van der Waals surface area (Å²) in [5, 5.41) is 3.40. The van der Waals surface area contributed by atoms with Crippen LogP contribution in [0.2, 0.25) is 0 Å². The van der Waals surface area contributed by atoms with Crippen LogP contribution in [0.4, 0.5) is 0 Å². The van der Waals surface area contributed by atoms with Crippen LogP contribution in [0.5, 0.6) is 0 Å². The monoisotopic (exact) mass is 212 g/mol. The number of carbonyl (C=O) groups excluding carboxylic acids is 1. The number of nitrogens with zero attached hydrogens (tertiary/aromatic N) is 1. The Morgan fingerprint density at radius 3 is 2.60 bits per heavy atom. The zero-order valence-electron chi connectivity index (χ0n) is 10.5. The van der Waals surface area contributed by atoms with Crippen molar-refractivity contribution < 1.29 is 4.79 Å². The first-order valence-corrected chi connectivity index (χ1v) is 5.87. The van der Waals surface area contributed by atoms with Crippen molar-refractivity contribution in [2.24, 2.45) is 5.41 Å². The zero-order valence-corrected chi connectivity index (χ0v) is 10.5. The Labute approximate surface area is 93.2 Å². The Morgan fingerprint density at radius 1 is 1.40 bits per heavy atom. The molecular weight excluding hydrogens is 188 g/mol. The molecule has 0 bridgehead atoms. The minimum absolute atomic E-state index is 0.163. The average molecular weight is 212 g/mol. The number of carbonyl (C=O) groups is 1. The van der Waals surface area contributed by atoms with E-state index in [9.17, 15) is 4.79 Å². The molecule has 88 valence electrons. The maximum Gasteiger partial charge on any atom is 0.236 e. The van der Waals surface area contributed by atoms with Crippen LogP contribution in [0.15, 0.2) is 0 Å². The van der Waals surface area contributed by atoms with E-state index in [0.717, 1.165) is 0 Å². The van der Waals surface area contributed by atoms with E-state index in [1.807, 2.05) is 0 Å². The van der Waals surface area contributed by atoms with E-state index in [1.165, 1.54) is 25.7 Å². The maximum atomic E-state index is 11.5. The van der Waals surface area contributed by atoms with E-state index in [0.29, 0.717) is 18.0 Å². The summed E-state index contributed by atoms with van der Waals surface area (Å²) in [4.78, 5) is 13.1. The molecular formula is C12H24N2O. The zero-order chi connectivity index (χ0) is 11.5. The van der Waals surface area contributed by atoms with Gasteiger partial charge >= 0.3 is 0 Å². The summed E-state index contributed by atoms with van der Waals surface area (Å²) in [7, 11) is 3.60. The summed E-state index contributed by atoms with van der Waals surface area (Å²) in [5.41, 5.74) is 0.338. The lowest BCUT2D eigenvalue weighted by atomic mass is 9.73. The van der Waals surface area contributed by atoms with E-state index in [1.54, 1.807) is 19.0 Å². The molecule has 0 aromatic carbocycles. The third kappa shape index (κ3) is 3.49. The maximum absolute atomic E-state index is 11.5. The number of hydrogen-bond acceptors (Lipinski definition) is 2. The molecule has 1 amide bonds. The molecule has 3 nitrogen and oxygen atoms in total. The summed E-state index contributed by atoms with van der Waals surface area (Å²) >= 11 is 0. The summed E-state index contributed by atoms with van der Waals surface area (Å²) in [6.45, 7) is 5.06. The molecule has 1 aliphatic carbocycles. The molecule has 1 N–H and O–H groups in total. The van der Waals surface area contributed by atoms with Gasteiger partial charge in [-0.15, -0.1) is 0 Å². The van der Waals surface area contributed by atoms with Crippen LogP contribution in [0.1, 0.15) is 39.5 Å². The largest absolute Gasteiger partial charge is 0.348 e. The van der Waals surface area contributed by atoms with Crippen molar-refractivity contribution in [3.63, 3.8) is 0 Å². The first kappa shape index (κ1) is 12.5. The quantitative estimate of drug-likeness (QED) is 0.771. The molecule has 0 spiro atoms. The fourth-order valence-electron chi connectivity index (χ4n) is 2.24. The molecule has 3 heteroatoms. The molecule has 0 heterocycles. The van der Waals surface area contributed by atoms with Crippen LogP contribution >= 0.6 is 0 Å². The topological polar surface area (TPSA) is 32.3 Å². The van der Waals surface area contributed by atoms with Gasteiger partial charge in [0.25, 0.3) is 0 Å². The van der Waals surface area contributed by atoms with E-state index >= 15 is 0 Å². The highest BCUT2D eigenvalue weighted by Gasteiger charge is 2.31. The van der Waals surface area contributed by atoms with Gasteiger partial charge in [0.2, 0.25) is 5.91 Å². The Morgan fingerprint density at radius 2 is 2.07 bits per heavy atom. The van der Waals surface area contributed by atoms with Crippen LogP contribution in [0, 0.1) is 5.41 Å². The van der Waals surface area contributed by atoms with Crippen molar-refractivity contribution in [3.8, 4) is 0 Å². The van der Waals surface area contributed by atoms with Gasteiger partial charge in [-0.05, 0) is 18.3 Å². The predicted molar refractivity (Wildman–Crippen MR) is 62.7 cm³/mol. The molecule has 0 radical (unpaired) electrons. The highest BCUT2D eigenvalue weighted by atomic mass is 16.2. The van der Waals surface area contributed by atoms with Gasteiger partial charge < -0.3 is 10.2 Å². The minimum atomic E-state index is 0.163. The van der Waals surface area contributed by atoms with E-state index in [2.05, 4.69) is 19.2 Å². The van der Waals surface area contributed by atoms with Crippen molar-refractivity contribution in [1.29, 1.82) is 0 Å². The van der Waals surface area contributed by atoms with Gasteiger partial charge in [-0.2, -0.15) is 0 Å². The fraction of sp³-hybridized carbons (Fsp3) is 0.917. The minimum Gasteiger partial charge on any atom is -0.348 e. The second-order valence-corrected chi connectivity index (χ2v) is 5.46. The molecule has 1 saturated carbocycles. The third-order valence-corrected chi connectivity index (χ3v) is 3.51. The number of nitrogens with one attached hydrogen (secondary N) is 1. The number of hydrogen-bond donors (Lipinski definition) is 1. The van der Waals surface area contributed by atoms with E-state index in [4.69, 9.17) is 0 Å². The van der Waals surface area contributed by atoms with Crippen molar-refractivity contribution in [1.82, 2.24) is 10.2 Å². The number of amides is 1. The van der Waals surface area contributed by atoms with Gasteiger partial charge in [0.05, 0.1) is 6.54 Å². The second-order valence-electron chi connectivity index (χ2n) is 5.46. The van der Waals surface area contributed by atoms with Gasteiger partial charge in [-0.1, -0.05) is 26.7 Å². The number of rotatable bonds is 3. The van der Waals surface area contributed by atoms with Crippen LogP contribution in [-0.2, 0) is 4.79 Å². The molecule has 0 aromatic rings. The van der Waals surface area contributed by atoms with Gasteiger partial charge in [-0.3, -0.25) is 4.79 Å². The SMILES string of the molecule is CN(C)C(=O)CNC1CCCCC1(C)C. The van der Waals surface area contributed by atoms with Crippen molar-refractivity contribution in [2.75, 3.05) is 20.6 Å². The summed E-state index contributed by atoms with van der Waals surface area (Å²) in [6.07, 6.45) is 5.08. The molecule has 0 aliphatic heterocycles. The highest BCUT2D eigenvalue weighted by molar-refractivity contribution is 5.77. The lowest BCUT2D eigenvalue weighted by Gasteiger charge is -2.39. The fourth-order valence-corrected chi connectivity index (χ4v) is 2.24. The standard InChI is InChI=1S/C12H24N2O/c1-12(2)8-6-5-7-10(12)13-9-11(15)14(3)4/h10,13H,5-9H2,1-4H3.